The molecular weight excluding hydrogens is 441 g/mol. The molecule has 10 heteroatoms. The molecule has 1 N–H and O–H groups in total. The Morgan fingerprint density at radius 3 is 2.37 bits per heavy atom. The van der Waals surface area contributed by atoms with Crippen molar-refractivity contribution in [3.8, 4) is 0 Å². The number of amides is 1. The number of benzene rings is 2. The van der Waals surface area contributed by atoms with Crippen LogP contribution in [0.15, 0.2) is 53.4 Å². The molecule has 0 atom stereocenters. The third-order valence-corrected chi connectivity index (χ3v) is 6.36. The SMILES string of the molecule is CCCCCNC(=O)CN(c1cc(C(F)(F)F)ccc1Cl)S(=O)(=O)c1ccccc1. The molecule has 0 bridgehead atoms. The van der Waals surface area contributed by atoms with E-state index in [-0.39, 0.29) is 9.92 Å². The molecular formula is C20H22ClF3N2O3S. The number of rotatable bonds is 9. The highest BCUT2D eigenvalue weighted by molar-refractivity contribution is 7.92. The maximum atomic E-state index is 13.2. The second-order valence-corrected chi connectivity index (χ2v) is 8.82. The van der Waals surface area contributed by atoms with Gasteiger partial charge in [0.05, 0.1) is 21.2 Å². The Bertz CT molecular complexity index is 967. The van der Waals surface area contributed by atoms with Crippen LogP contribution in [0.1, 0.15) is 31.7 Å². The molecule has 2 aromatic rings. The molecule has 5 nitrogen and oxygen atoms in total. The highest BCUT2D eigenvalue weighted by Crippen LogP contribution is 2.37. The predicted molar refractivity (Wildman–Crippen MR) is 110 cm³/mol. The van der Waals surface area contributed by atoms with E-state index < -0.39 is 39.9 Å². The van der Waals surface area contributed by atoms with E-state index in [9.17, 15) is 26.4 Å². The van der Waals surface area contributed by atoms with Crippen LogP contribution in [-0.4, -0.2) is 27.4 Å². The number of nitrogens with one attached hydrogen (secondary N) is 1. The lowest BCUT2D eigenvalue weighted by atomic mass is 10.2. The number of alkyl halides is 3. The molecule has 0 aliphatic carbocycles. The third-order valence-electron chi connectivity index (χ3n) is 4.26. The van der Waals surface area contributed by atoms with Crippen LogP contribution in [0, 0.1) is 0 Å². The number of unbranched alkanes of at least 4 members (excludes halogenated alkanes) is 2. The fourth-order valence-corrected chi connectivity index (χ4v) is 4.41. The van der Waals surface area contributed by atoms with Crippen LogP contribution in [-0.2, 0) is 21.0 Å². The zero-order valence-corrected chi connectivity index (χ0v) is 17.8. The second kappa shape index (κ2) is 10.2. The topological polar surface area (TPSA) is 66.5 Å². The van der Waals surface area contributed by atoms with Crippen LogP contribution in [0.2, 0.25) is 5.02 Å². The Labute approximate surface area is 178 Å². The molecule has 2 rings (SSSR count). The summed E-state index contributed by atoms with van der Waals surface area (Å²) in [6.45, 7) is 1.62. The molecule has 1 amide bonds. The molecule has 0 spiro atoms. The fourth-order valence-electron chi connectivity index (χ4n) is 2.69. The smallest absolute Gasteiger partial charge is 0.355 e. The van der Waals surface area contributed by atoms with Crippen LogP contribution in [0.4, 0.5) is 18.9 Å². The Balaban J connectivity index is 2.46. The summed E-state index contributed by atoms with van der Waals surface area (Å²) < 4.78 is 66.5. The minimum absolute atomic E-state index is 0.169. The van der Waals surface area contributed by atoms with Crippen molar-refractivity contribution in [2.24, 2.45) is 0 Å². The van der Waals surface area contributed by atoms with E-state index in [0.717, 1.165) is 25.0 Å². The fraction of sp³-hybridized carbons (Fsp3) is 0.350. The van der Waals surface area contributed by atoms with Gasteiger partial charge in [0.25, 0.3) is 10.0 Å². The summed E-state index contributed by atoms with van der Waals surface area (Å²) in [7, 11) is -4.35. The molecule has 164 valence electrons. The van der Waals surface area contributed by atoms with Gasteiger partial charge in [-0.1, -0.05) is 49.6 Å². The summed E-state index contributed by atoms with van der Waals surface area (Å²) in [5.74, 6) is -0.640. The highest BCUT2D eigenvalue weighted by Gasteiger charge is 2.34. The minimum atomic E-state index is -4.70. The van der Waals surface area contributed by atoms with Gasteiger partial charge in [-0.15, -0.1) is 0 Å². The molecule has 0 aromatic heterocycles. The van der Waals surface area contributed by atoms with Gasteiger partial charge in [0.1, 0.15) is 6.54 Å². The number of nitrogens with zero attached hydrogens (tertiary/aromatic N) is 1. The largest absolute Gasteiger partial charge is 0.416 e. The van der Waals surface area contributed by atoms with Crippen LogP contribution >= 0.6 is 11.6 Å². The van der Waals surface area contributed by atoms with Crippen LogP contribution in [0.25, 0.3) is 0 Å². The first kappa shape index (κ1) is 24.0. The number of anilines is 1. The second-order valence-electron chi connectivity index (χ2n) is 6.55. The first-order valence-electron chi connectivity index (χ1n) is 9.28. The number of carbonyl (C=O) groups excluding carboxylic acids is 1. The lowest BCUT2D eigenvalue weighted by Gasteiger charge is -2.25. The molecule has 0 aliphatic heterocycles. The van der Waals surface area contributed by atoms with Crippen molar-refractivity contribution in [1.82, 2.24) is 5.32 Å². The van der Waals surface area contributed by atoms with Crippen molar-refractivity contribution in [3.05, 3.63) is 59.1 Å². The summed E-state index contributed by atoms with van der Waals surface area (Å²) in [5, 5.41) is 2.37. The van der Waals surface area contributed by atoms with Gasteiger partial charge in [0, 0.05) is 6.54 Å². The molecule has 0 aliphatic rings. The average Bonchev–Trinajstić information content (AvgIpc) is 2.70. The maximum absolute atomic E-state index is 13.2. The predicted octanol–water partition coefficient (Wildman–Crippen LogP) is 4.86. The molecule has 0 saturated carbocycles. The van der Waals surface area contributed by atoms with Crippen LogP contribution < -0.4 is 9.62 Å². The van der Waals surface area contributed by atoms with Gasteiger partial charge in [-0.05, 0) is 36.8 Å². The Morgan fingerprint density at radius 1 is 1.10 bits per heavy atom. The Morgan fingerprint density at radius 2 is 1.77 bits per heavy atom. The maximum Gasteiger partial charge on any atom is 0.416 e. The monoisotopic (exact) mass is 462 g/mol. The average molecular weight is 463 g/mol. The van der Waals surface area contributed by atoms with Gasteiger partial charge < -0.3 is 5.32 Å². The molecule has 0 heterocycles. The molecule has 30 heavy (non-hydrogen) atoms. The molecule has 0 radical (unpaired) electrons. The van der Waals surface area contributed by atoms with Gasteiger partial charge in [0.2, 0.25) is 5.91 Å². The number of halogens is 4. The summed E-state index contributed by atoms with van der Waals surface area (Å²) in [6, 6.07) is 9.49. The van der Waals surface area contributed by atoms with E-state index in [2.05, 4.69) is 5.32 Å². The molecule has 2 aromatic carbocycles. The summed E-state index contributed by atoms with van der Waals surface area (Å²) in [6.07, 6.45) is -2.18. The number of hydrogen-bond acceptors (Lipinski definition) is 3. The van der Waals surface area contributed by atoms with Crippen molar-refractivity contribution < 1.29 is 26.4 Å². The minimum Gasteiger partial charge on any atom is -0.355 e. The van der Waals surface area contributed by atoms with E-state index >= 15 is 0 Å². The first-order chi connectivity index (χ1) is 14.1. The summed E-state index contributed by atoms with van der Waals surface area (Å²) in [4.78, 5) is 12.2. The van der Waals surface area contributed by atoms with E-state index in [0.29, 0.717) is 23.3 Å². The molecule has 0 unspecified atom stereocenters. The first-order valence-corrected chi connectivity index (χ1v) is 11.1. The standard InChI is InChI=1S/C20H22ClF3N2O3S/c1-2-3-7-12-25-19(27)14-26(30(28,29)16-8-5-4-6-9-16)18-13-15(20(22,23)24)10-11-17(18)21/h4-6,8-11,13H,2-3,7,12,14H2,1H3,(H,25,27). The highest BCUT2D eigenvalue weighted by atomic mass is 35.5. The van der Waals surface area contributed by atoms with Crippen molar-refractivity contribution >= 4 is 33.2 Å². The quantitative estimate of drug-likeness (QED) is 0.541. The summed E-state index contributed by atoms with van der Waals surface area (Å²) in [5.41, 5.74) is -1.49. The van der Waals surface area contributed by atoms with Crippen molar-refractivity contribution in [3.63, 3.8) is 0 Å². The molecule has 0 fully saturated rings. The summed E-state index contributed by atoms with van der Waals surface area (Å²) >= 11 is 6.06. The lowest BCUT2D eigenvalue weighted by molar-refractivity contribution is -0.137. The number of sulfonamides is 1. The van der Waals surface area contributed by atoms with Crippen molar-refractivity contribution in [2.75, 3.05) is 17.4 Å². The van der Waals surface area contributed by atoms with Gasteiger partial charge in [0.15, 0.2) is 0 Å². The van der Waals surface area contributed by atoms with Gasteiger partial charge in [-0.3, -0.25) is 9.10 Å². The zero-order chi connectivity index (χ0) is 22.4. The number of hydrogen-bond donors (Lipinski definition) is 1. The number of carbonyl (C=O) groups is 1. The van der Waals surface area contributed by atoms with E-state index in [1.165, 1.54) is 24.3 Å². The van der Waals surface area contributed by atoms with Crippen LogP contribution in [0.3, 0.4) is 0 Å². The van der Waals surface area contributed by atoms with Gasteiger partial charge in [-0.2, -0.15) is 13.2 Å². The van der Waals surface area contributed by atoms with E-state index in [1.54, 1.807) is 6.07 Å². The zero-order valence-electron chi connectivity index (χ0n) is 16.2. The lowest BCUT2D eigenvalue weighted by Crippen LogP contribution is -2.41. The van der Waals surface area contributed by atoms with Crippen LogP contribution in [0.5, 0.6) is 0 Å². The Kier molecular flexibility index (Phi) is 8.14. The molecule has 0 saturated heterocycles. The van der Waals surface area contributed by atoms with Crippen molar-refractivity contribution in [1.29, 1.82) is 0 Å². The third kappa shape index (κ3) is 6.12. The van der Waals surface area contributed by atoms with E-state index in [4.69, 9.17) is 11.6 Å². The van der Waals surface area contributed by atoms with Gasteiger partial charge in [-0.25, -0.2) is 8.42 Å². The van der Waals surface area contributed by atoms with E-state index in [1.807, 2.05) is 6.92 Å². The Hall–Kier alpha value is -2.26. The van der Waals surface area contributed by atoms with Crippen molar-refractivity contribution in [2.45, 2.75) is 37.3 Å². The normalized spacial score (nSPS) is 11.9. The van der Waals surface area contributed by atoms with Gasteiger partial charge >= 0.3 is 6.18 Å².